The molecule has 0 aliphatic heterocycles. The second kappa shape index (κ2) is 10.8. The van der Waals surface area contributed by atoms with Crippen LogP contribution < -0.4 is 5.32 Å². The van der Waals surface area contributed by atoms with Crippen molar-refractivity contribution in [3.8, 4) is 11.5 Å². The number of carbonyl (C=O) groups is 1. The molecule has 0 unspecified atom stereocenters. The van der Waals surface area contributed by atoms with Gasteiger partial charge < -0.3 is 9.73 Å². The first-order valence-electron chi connectivity index (χ1n) is 9.89. The largest absolute Gasteiger partial charge is 0.434 e. The van der Waals surface area contributed by atoms with E-state index in [9.17, 15) is 4.79 Å². The van der Waals surface area contributed by atoms with Crippen molar-refractivity contribution in [2.24, 2.45) is 0 Å². The summed E-state index contributed by atoms with van der Waals surface area (Å²) < 4.78 is 5.77. The Balaban J connectivity index is 0.000000707. The van der Waals surface area contributed by atoms with E-state index < -0.39 is 0 Å². The van der Waals surface area contributed by atoms with Crippen LogP contribution >= 0.6 is 0 Å². The number of nitrogens with one attached hydrogen (secondary N) is 1. The minimum Gasteiger partial charge on any atom is -0.434 e. The molecule has 2 aromatic heterocycles. The van der Waals surface area contributed by atoms with Gasteiger partial charge in [0.15, 0.2) is 5.58 Å². The van der Waals surface area contributed by atoms with Gasteiger partial charge in [0, 0.05) is 11.8 Å². The molecular weight excluding hydrogens is 362 g/mol. The lowest BCUT2D eigenvalue weighted by Crippen LogP contribution is -2.12. The molecule has 0 saturated heterocycles. The Morgan fingerprint density at radius 1 is 0.931 bits per heavy atom. The Bertz CT molecular complexity index is 1020. The van der Waals surface area contributed by atoms with E-state index in [1.807, 2.05) is 71.0 Å². The first-order valence-corrected chi connectivity index (χ1v) is 9.89. The number of aryl methyl sites for hydroxylation is 1. The molecule has 0 atom stereocenters. The van der Waals surface area contributed by atoms with Gasteiger partial charge in [-0.15, -0.1) is 0 Å². The van der Waals surface area contributed by atoms with Gasteiger partial charge in [0.05, 0.1) is 17.4 Å². The standard InChI is InChI=1S/C20H15N3O2.2C2H6/c1-13-6-8-14(9-7-13)19(24)22-16-5-3-2-4-15(16)20-23-17-10-11-21-12-18(17)25-20;2*1-2/h2-12H,1H3,(H,22,24);2*1-2H3. The van der Waals surface area contributed by atoms with Crippen molar-refractivity contribution in [3.63, 3.8) is 0 Å². The molecule has 0 aliphatic carbocycles. The second-order valence-corrected chi connectivity index (χ2v) is 5.73. The van der Waals surface area contributed by atoms with Crippen LogP contribution in [-0.4, -0.2) is 15.9 Å². The summed E-state index contributed by atoms with van der Waals surface area (Å²) in [7, 11) is 0. The SMILES string of the molecule is CC.CC.Cc1ccc(C(=O)Nc2ccccc2-c2nc3ccncc3o2)cc1. The quantitative estimate of drug-likeness (QED) is 0.434. The third kappa shape index (κ3) is 5.29. The molecule has 5 nitrogen and oxygen atoms in total. The predicted molar refractivity (Wildman–Crippen MR) is 119 cm³/mol. The molecule has 1 N–H and O–H groups in total. The van der Waals surface area contributed by atoms with Crippen LogP contribution in [0, 0.1) is 6.92 Å². The molecule has 4 rings (SSSR count). The van der Waals surface area contributed by atoms with Crippen LogP contribution in [0.25, 0.3) is 22.6 Å². The molecule has 5 heteroatoms. The zero-order chi connectivity index (χ0) is 21.2. The fraction of sp³-hybridized carbons (Fsp3) is 0.208. The van der Waals surface area contributed by atoms with Crippen LogP contribution in [0.1, 0.15) is 43.6 Å². The molecule has 2 heterocycles. The first kappa shape index (κ1) is 21.8. The van der Waals surface area contributed by atoms with Gasteiger partial charge in [-0.3, -0.25) is 9.78 Å². The number of hydrogen-bond donors (Lipinski definition) is 1. The maximum atomic E-state index is 12.5. The lowest BCUT2D eigenvalue weighted by atomic mass is 10.1. The Labute approximate surface area is 171 Å². The molecule has 0 radical (unpaired) electrons. The summed E-state index contributed by atoms with van der Waals surface area (Å²) in [5.41, 5.74) is 4.41. The topological polar surface area (TPSA) is 68.0 Å². The lowest BCUT2D eigenvalue weighted by Gasteiger charge is -2.09. The highest BCUT2D eigenvalue weighted by Crippen LogP contribution is 2.30. The molecule has 0 aliphatic rings. The average Bonchev–Trinajstić information content (AvgIpc) is 3.21. The number of para-hydroxylation sites is 1. The third-order valence-electron chi connectivity index (χ3n) is 3.91. The van der Waals surface area contributed by atoms with Crippen molar-refractivity contribution < 1.29 is 9.21 Å². The summed E-state index contributed by atoms with van der Waals surface area (Å²) in [6.07, 6.45) is 3.29. The van der Waals surface area contributed by atoms with Gasteiger partial charge in [-0.05, 0) is 37.3 Å². The van der Waals surface area contributed by atoms with Crippen LogP contribution in [0.4, 0.5) is 5.69 Å². The highest BCUT2D eigenvalue weighted by molar-refractivity contribution is 6.06. The number of rotatable bonds is 3. The normalized spacial score (nSPS) is 9.69. The monoisotopic (exact) mass is 389 g/mol. The Morgan fingerprint density at radius 3 is 2.31 bits per heavy atom. The minimum absolute atomic E-state index is 0.176. The lowest BCUT2D eigenvalue weighted by molar-refractivity contribution is 0.102. The number of pyridine rings is 1. The minimum atomic E-state index is -0.176. The van der Waals surface area contributed by atoms with E-state index in [1.54, 1.807) is 30.6 Å². The van der Waals surface area contributed by atoms with Gasteiger partial charge in [-0.1, -0.05) is 57.5 Å². The summed E-state index contributed by atoms with van der Waals surface area (Å²) >= 11 is 0. The van der Waals surface area contributed by atoms with Crippen LogP contribution in [0.5, 0.6) is 0 Å². The van der Waals surface area contributed by atoms with E-state index in [0.29, 0.717) is 22.7 Å². The van der Waals surface area contributed by atoms with Crippen molar-refractivity contribution in [1.82, 2.24) is 9.97 Å². The fourth-order valence-corrected chi connectivity index (χ4v) is 2.57. The highest BCUT2D eigenvalue weighted by atomic mass is 16.3. The zero-order valence-corrected chi connectivity index (χ0v) is 17.6. The first-order chi connectivity index (χ1) is 14.2. The summed E-state index contributed by atoms with van der Waals surface area (Å²) in [4.78, 5) is 21.0. The van der Waals surface area contributed by atoms with Crippen LogP contribution in [0.15, 0.2) is 71.4 Å². The number of hydrogen-bond acceptors (Lipinski definition) is 4. The molecule has 0 fully saturated rings. The number of amides is 1. The summed E-state index contributed by atoms with van der Waals surface area (Å²) in [5.74, 6) is 0.271. The van der Waals surface area contributed by atoms with E-state index >= 15 is 0 Å². The van der Waals surface area contributed by atoms with Crippen molar-refractivity contribution >= 4 is 22.7 Å². The van der Waals surface area contributed by atoms with Crippen molar-refractivity contribution in [2.75, 3.05) is 5.32 Å². The summed E-state index contributed by atoms with van der Waals surface area (Å²) in [6, 6.07) is 16.6. The zero-order valence-electron chi connectivity index (χ0n) is 17.6. The number of nitrogens with zero attached hydrogens (tertiary/aromatic N) is 2. The number of fused-ring (bicyclic) bond motifs is 1. The number of oxazole rings is 1. The molecule has 0 spiro atoms. The van der Waals surface area contributed by atoms with Gasteiger partial charge in [-0.2, -0.15) is 0 Å². The fourth-order valence-electron chi connectivity index (χ4n) is 2.57. The molecule has 0 bridgehead atoms. The smallest absolute Gasteiger partial charge is 0.255 e. The Hall–Kier alpha value is -3.47. The maximum Gasteiger partial charge on any atom is 0.255 e. The number of aromatic nitrogens is 2. The van der Waals surface area contributed by atoms with Gasteiger partial charge in [0.1, 0.15) is 5.52 Å². The van der Waals surface area contributed by atoms with Crippen molar-refractivity contribution in [1.29, 1.82) is 0 Å². The average molecular weight is 389 g/mol. The Kier molecular flexibility index (Phi) is 8.10. The van der Waals surface area contributed by atoms with E-state index in [-0.39, 0.29) is 5.91 Å². The molecule has 0 saturated carbocycles. The van der Waals surface area contributed by atoms with Crippen molar-refractivity contribution in [2.45, 2.75) is 34.6 Å². The number of anilines is 1. The maximum absolute atomic E-state index is 12.5. The summed E-state index contributed by atoms with van der Waals surface area (Å²) in [6.45, 7) is 9.99. The number of benzene rings is 2. The molecule has 1 amide bonds. The van der Waals surface area contributed by atoms with Gasteiger partial charge in [-0.25, -0.2) is 4.98 Å². The molecule has 4 aromatic rings. The van der Waals surface area contributed by atoms with Crippen LogP contribution in [0.3, 0.4) is 0 Å². The summed E-state index contributed by atoms with van der Waals surface area (Å²) in [5, 5.41) is 2.93. The van der Waals surface area contributed by atoms with Crippen LogP contribution in [-0.2, 0) is 0 Å². The van der Waals surface area contributed by atoms with E-state index in [0.717, 1.165) is 16.6 Å². The number of carbonyl (C=O) groups excluding carboxylic acids is 1. The molecule has 29 heavy (non-hydrogen) atoms. The third-order valence-corrected chi connectivity index (χ3v) is 3.91. The molecular formula is C24H27N3O2. The second-order valence-electron chi connectivity index (χ2n) is 5.73. The van der Waals surface area contributed by atoms with Gasteiger partial charge in [0.25, 0.3) is 5.91 Å². The Morgan fingerprint density at radius 2 is 1.62 bits per heavy atom. The van der Waals surface area contributed by atoms with Crippen LogP contribution in [0.2, 0.25) is 0 Å². The van der Waals surface area contributed by atoms with E-state index in [1.165, 1.54) is 0 Å². The van der Waals surface area contributed by atoms with Gasteiger partial charge in [0.2, 0.25) is 5.89 Å². The predicted octanol–water partition coefficient (Wildman–Crippen LogP) is 6.50. The van der Waals surface area contributed by atoms with E-state index in [4.69, 9.17) is 4.42 Å². The molecule has 150 valence electrons. The van der Waals surface area contributed by atoms with Crippen molar-refractivity contribution in [3.05, 3.63) is 78.1 Å². The van der Waals surface area contributed by atoms with Gasteiger partial charge >= 0.3 is 0 Å². The van der Waals surface area contributed by atoms with E-state index in [2.05, 4.69) is 15.3 Å². The molecule has 2 aromatic carbocycles. The highest BCUT2D eigenvalue weighted by Gasteiger charge is 2.14.